The Morgan fingerprint density at radius 3 is 2.21 bits per heavy atom. The Hall–Kier alpha value is -2.52. The van der Waals surface area contributed by atoms with Crippen LogP contribution in [0.3, 0.4) is 0 Å². The molecule has 1 atom stereocenters. The molecule has 6 nitrogen and oxygen atoms in total. The van der Waals surface area contributed by atoms with Crippen LogP contribution < -0.4 is 4.90 Å². The van der Waals surface area contributed by atoms with Gasteiger partial charge in [-0.2, -0.15) is 4.31 Å². The molecular weight excluding hydrogens is 460 g/mol. The molecule has 0 spiro atoms. The zero-order valence-corrected chi connectivity index (χ0v) is 20.6. The number of halogens is 2. The van der Waals surface area contributed by atoms with E-state index in [0.717, 1.165) is 12.1 Å². The normalized spacial score (nSPS) is 20.4. The van der Waals surface area contributed by atoms with Crippen LogP contribution in [0.1, 0.15) is 38.7 Å². The average molecular weight is 494 g/mol. The van der Waals surface area contributed by atoms with Gasteiger partial charge in [0.2, 0.25) is 15.9 Å². The third-order valence-electron chi connectivity index (χ3n) is 6.38. The fourth-order valence-electron chi connectivity index (χ4n) is 4.31. The Morgan fingerprint density at radius 2 is 1.68 bits per heavy atom. The van der Waals surface area contributed by atoms with Crippen LogP contribution >= 0.6 is 0 Å². The molecule has 2 aliphatic rings. The first-order valence-electron chi connectivity index (χ1n) is 11.7. The van der Waals surface area contributed by atoms with E-state index in [1.807, 2.05) is 13.0 Å². The summed E-state index contributed by atoms with van der Waals surface area (Å²) in [6, 6.07) is 12.9. The van der Waals surface area contributed by atoms with Crippen LogP contribution in [-0.2, 0) is 21.4 Å². The van der Waals surface area contributed by atoms with E-state index in [9.17, 15) is 22.0 Å². The highest BCUT2D eigenvalue weighted by Crippen LogP contribution is 2.27. The highest BCUT2D eigenvalue weighted by Gasteiger charge is 2.34. The van der Waals surface area contributed by atoms with Gasteiger partial charge in [0.15, 0.2) is 0 Å². The summed E-state index contributed by atoms with van der Waals surface area (Å²) in [5.41, 5.74) is 1.17. The highest BCUT2D eigenvalue weighted by molar-refractivity contribution is 7.89. The third-order valence-corrected chi connectivity index (χ3v) is 8.82. The number of carbonyl (C=O) groups is 1. The lowest BCUT2D eigenvalue weighted by atomic mass is 10.1. The number of piperazine rings is 1. The number of hydrogen-bond acceptors (Lipinski definition) is 4. The van der Waals surface area contributed by atoms with Gasteiger partial charge in [0.1, 0.15) is 11.6 Å². The molecule has 2 heterocycles. The van der Waals surface area contributed by atoms with E-state index in [0.29, 0.717) is 51.1 Å². The minimum Gasteiger partial charge on any atom is -0.368 e. The maximum absolute atomic E-state index is 14.7. The van der Waals surface area contributed by atoms with Crippen LogP contribution in [0.4, 0.5) is 14.5 Å². The standard InChI is InChI=1S/C19H28FN3O3S.C6H5F/c1-3-18-5-4-8-23(27(18,25)26)14-16-6-7-17(13-19(16)20)22-11-9-21(10-12-22)15(2)24;7-6-4-2-1-3-5-6/h6-7,13,18H,3-5,8-12,14H2,1-2H3;1-5H. The van der Waals surface area contributed by atoms with Crippen LogP contribution in [0.25, 0.3) is 0 Å². The number of anilines is 1. The summed E-state index contributed by atoms with van der Waals surface area (Å²) in [5.74, 6) is -0.498. The fraction of sp³-hybridized carbons (Fsp3) is 0.480. The number of amides is 1. The Bertz CT molecular complexity index is 1060. The average Bonchev–Trinajstić information content (AvgIpc) is 2.82. The Morgan fingerprint density at radius 1 is 1.00 bits per heavy atom. The summed E-state index contributed by atoms with van der Waals surface area (Å²) in [6.45, 7) is 6.56. The number of sulfonamides is 1. The molecule has 2 aromatic rings. The van der Waals surface area contributed by atoms with E-state index in [-0.39, 0.29) is 29.3 Å². The molecule has 2 saturated heterocycles. The van der Waals surface area contributed by atoms with Crippen molar-refractivity contribution in [3.63, 3.8) is 0 Å². The van der Waals surface area contributed by atoms with Gasteiger partial charge in [-0.05, 0) is 43.5 Å². The molecule has 4 rings (SSSR count). The van der Waals surface area contributed by atoms with Gasteiger partial charge in [-0.3, -0.25) is 4.79 Å². The molecule has 2 fully saturated rings. The molecule has 2 aliphatic heterocycles. The third kappa shape index (κ3) is 6.54. The molecule has 2 aromatic carbocycles. The Balaban J connectivity index is 0.000000396. The van der Waals surface area contributed by atoms with Crippen molar-refractivity contribution in [2.75, 3.05) is 37.6 Å². The predicted molar refractivity (Wildman–Crippen MR) is 130 cm³/mol. The van der Waals surface area contributed by atoms with Crippen molar-refractivity contribution in [3.05, 3.63) is 65.7 Å². The van der Waals surface area contributed by atoms with Crippen LogP contribution in [0, 0.1) is 11.6 Å². The molecule has 1 unspecified atom stereocenters. The second kappa shape index (κ2) is 11.8. The number of nitrogens with zero attached hydrogens (tertiary/aromatic N) is 3. The van der Waals surface area contributed by atoms with Gasteiger partial charge in [0.05, 0.1) is 5.25 Å². The lowest BCUT2D eigenvalue weighted by Gasteiger charge is -2.36. The zero-order valence-electron chi connectivity index (χ0n) is 19.8. The van der Waals surface area contributed by atoms with E-state index < -0.39 is 10.0 Å². The highest BCUT2D eigenvalue weighted by atomic mass is 32.2. The van der Waals surface area contributed by atoms with Gasteiger partial charge in [-0.1, -0.05) is 31.2 Å². The summed E-state index contributed by atoms with van der Waals surface area (Å²) in [6.07, 6.45) is 2.09. The molecule has 0 aliphatic carbocycles. The number of hydrogen-bond donors (Lipinski definition) is 0. The van der Waals surface area contributed by atoms with Gasteiger partial charge in [-0.15, -0.1) is 0 Å². The molecule has 0 saturated carbocycles. The van der Waals surface area contributed by atoms with E-state index in [1.165, 1.54) is 22.5 Å². The molecule has 9 heteroatoms. The lowest BCUT2D eigenvalue weighted by Crippen LogP contribution is -2.48. The molecule has 0 radical (unpaired) electrons. The molecule has 34 heavy (non-hydrogen) atoms. The second-order valence-electron chi connectivity index (χ2n) is 8.62. The topological polar surface area (TPSA) is 60.9 Å². The zero-order chi connectivity index (χ0) is 24.7. The van der Waals surface area contributed by atoms with Crippen molar-refractivity contribution < 1.29 is 22.0 Å². The number of rotatable bonds is 4. The largest absolute Gasteiger partial charge is 0.368 e. The summed E-state index contributed by atoms with van der Waals surface area (Å²) in [5, 5.41) is -0.355. The van der Waals surface area contributed by atoms with Gasteiger partial charge < -0.3 is 9.80 Å². The number of benzene rings is 2. The smallest absolute Gasteiger partial charge is 0.219 e. The van der Waals surface area contributed by atoms with Gasteiger partial charge in [0, 0.05) is 57.4 Å². The molecule has 186 valence electrons. The summed E-state index contributed by atoms with van der Waals surface area (Å²) < 4.78 is 53.3. The molecule has 0 bridgehead atoms. The first-order valence-corrected chi connectivity index (χ1v) is 13.2. The predicted octanol–water partition coefficient (Wildman–Crippen LogP) is 4.02. The minimum absolute atomic E-state index is 0.0595. The van der Waals surface area contributed by atoms with Crippen LogP contribution in [0.5, 0.6) is 0 Å². The van der Waals surface area contributed by atoms with Crippen LogP contribution in [0.15, 0.2) is 48.5 Å². The number of carbonyl (C=O) groups excluding carboxylic acids is 1. The van der Waals surface area contributed by atoms with Crippen molar-refractivity contribution >= 4 is 21.6 Å². The minimum atomic E-state index is -3.36. The van der Waals surface area contributed by atoms with E-state index in [4.69, 9.17) is 0 Å². The Labute approximate surface area is 201 Å². The summed E-state index contributed by atoms with van der Waals surface area (Å²) in [7, 11) is -3.36. The first-order chi connectivity index (χ1) is 16.2. The Kier molecular flexibility index (Phi) is 9.02. The van der Waals surface area contributed by atoms with E-state index in [1.54, 1.807) is 36.1 Å². The molecular formula is C25H33F2N3O3S. The van der Waals surface area contributed by atoms with E-state index in [2.05, 4.69) is 4.90 Å². The molecule has 0 N–H and O–H groups in total. The van der Waals surface area contributed by atoms with E-state index >= 15 is 0 Å². The van der Waals surface area contributed by atoms with Crippen molar-refractivity contribution in [2.24, 2.45) is 0 Å². The monoisotopic (exact) mass is 493 g/mol. The summed E-state index contributed by atoms with van der Waals surface area (Å²) in [4.78, 5) is 15.3. The van der Waals surface area contributed by atoms with Gasteiger partial charge in [0.25, 0.3) is 0 Å². The van der Waals surface area contributed by atoms with Gasteiger partial charge in [-0.25, -0.2) is 17.2 Å². The maximum atomic E-state index is 14.7. The van der Waals surface area contributed by atoms with Crippen molar-refractivity contribution in [1.82, 2.24) is 9.21 Å². The van der Waals surface area contributed by atoms with Gasteiger partial charge >= 0.3 is 0 Å². The maximum Gasteiger partial charge on any atom is 0.219 e. The second-order valence-corrected chi connectivity index (χ2v) is 10.8. The molecule has 0 aromatic heterocycles. The van der Waals surface area contributed by atoms with Crippen LogP contribution in [-0.4, -0.2) is 61.5 Å². The summed E-state index contributed by atoms with van der Waals surface area (Å²) >= 11 is 0. The van der Waals surface area contributed by atoms with Crippen molar-refractivity contribution in [1.29, 1.82) is 0 Å². The molecule has 1 amide bonds. The SMILES string of the molecule is CCC1CCCN(Cc2ccc(N3CCN(C(C)=O)CC3)cc2F)S1(=O)=O.Fc1ccccc1. The van der Waals surface area contributed by atoms with Crippen molar-refractivity contribution in [2.45, 2.75) is 44.9 Å². The quantitative estimate of drug-likeness (QED) is 0.646. The lowest BCUT2D eigenvalue weighted by molar-refractivity contribution is -0.129. The van der Waals surface area contributed by atoms with Crippen molar-refractivity contribution in [3.8, 4) is 0 Å². The first kappa shape index (κ1) is 26.1. The fourth-order valence-corrected chi connectivity index (χ4v) is 6.32. The van der Waals surface area contributed by atoms with Crippen LogP contribution in [0.2, 0.25) is 0 Å².